The number of nitrogens with zero attached hydrogens (tertiary/aromatic N) is 1. The summed E-state index contributed by atoms with van der Waals surface area (Å²) in [4.78, 5) is 23.7. The van der Waals surface area contributed by atoms with Crippen molar-refractivity contribution in [3.05, 3.63) is 38.8 Å². The van der Waals surface area contributed by atoms with E-state index in [1.807, 2.05) is 0 Å². The van der Waals surface area contributed by atoms with Gasteiger partial charge in [-0.1, -0.05) is 23.2 Å². The lowest BCUT2D eigenvalue weighted by Crippen LogP contribution is -2.22. The van der Waals surface area contributed by atoms with Gasteiger partial charge in [0, 0.05) is 0 Å². The summed E-state index contributed by atoms with van der Waals surface area (Å²) in [5, 5.41) is 0.123. The standard InChI is InChI=1S/C16H15Cl2NO6S/c1-8(25-16(21)13-12(17)14(18)19-26-13)7-24-10-5-4-9(15(20)23-3)6-11(10)22-2/h4-6,8H,7H2,1-3H3. The molecule has 0 radical (unpaired) electrons. The van der Waals surface area contributed by atoms with Gasteiger partial charge in [-0.25, -0.2) is 9.59 Å². The summed E-state index contributed by atoms with van der Waals surface area (Å²) in [7, 11) is 2.74. The van der Waals surface area contributed by atoms with Gasteiger partial charge >= 0.3 is 11.9 Å². The van der Waals surface area contributed by atoms with Crippen molar-refractivity contribution in [2.75, 3.05) is 20.8 Å². The summed E-state index contributed by atoms with van der Waals surface area (Å²) in [6.45, 7) is 1.72. The van der Waals surface area contributed by atoms with E-state index in [0.717, 1.165) is 11.5 Å². The summed E-state index contributed by atoms with van der Waals surface area (Å²) >= 11 is 12.5. The Morgan fingerprint density at radius 2 is 1.92 bits per heavy atom. The summed E-state index contributed by atoms with van der Waals surface area (Å²) in [5.41, 5.74) is 0.327. The van der Waals surface area contributed by atoms with E-state index >= 15 is 0 Å². The van der Waals surface area contributed by atoms with Gasteiger partial charge in [0.25, 0.3) is 0 Å². The highest BCUT2D eigenvalue weighted by atomic mass is 35.5. The number of hydrogen-bond acceptors (Lipinski definition) is 8. The van der Waals surface area contributed by atoms with E-state index in [1.165, 1.54) is 20.3 Å². The Bertz CT molecular complexity index is 810. The SMILES string of the molecule is COC(=O)c1ccc(OCC(C)OC(=O)c2snc(Cl)c2Cl)c(OC)c1. The van der Waals surface area contributed by atoms with E-state index in [0.29, 0.717) is 17.1 Å². The van der Waals surface area contributed by atoms with Crippen LogP contribution in [-0.2, 0) is 9.47 Å². The predicted molar refractivity (Wildman–Crippen MR) is 96.8 cm³/mol. The summed E-state index contributed by atoms with van der Waals surface area (Å²) < 4.78 is 24.5. The van der Waals surface area contributed by atoms with Crippen molar-refractivity contribution in [2.45, 2.75) is 13.0 Å². The minimum Gasteiger partial charge on any atom is -0.493 e. The van der Waals surface area contributed by atoms with Gasteiger partial charge in [0.05, 0.1) is 19.8 Å². The highest BCUT2D eigenvalue weighted by Gasteiger charge is 2.21. The molecule has 2 aromatic rings. The van der Waals surface area contributed by atoms with E-state index in [9.17, 15) is 9.59 Å². The molecule has 1 aromatic heterocycles. The van der Waals surface area contributed by atoms with Gasteiger partial charge in [-0.15, -0.1) is 0 Å². The first kappa shape index (κ1) is 20.3. The van der Waals surface area contributed by atoms with Gasteiger partial charge in [0.1, 0.15) is 17.7 Å². The number of hydrogen-bond donors (Lipinski definition) is 0. The van der Waals surface area contributed by atoms with Gasteiger partial charge < -0.3 is 18.9 Å². The minimum atomic E-state index is -0.636. The second-order valence-electron chi connectivity index (χ2n) is 5.00. The van der Waals surface area contributed by atoms with Crippen LogP contribution in [0.4, 0.5) is 0 Å². The Morgan fingerprint density at radius 1 is 1.19 bits per heavy atom. The molecule has 2 rings (SSSR count). The Morgan fingerprint density at radius 3 is 2.50 bits per heavy atom. The number of methoxy groups -OCH3 is 2. The Hall–Kier alpha value is -2.03. The average molecular weight is 420 g/mol. The molecule has 0 bridgehead atoms. The minimum absolute atomic E-state index is 0.0583. The van der Waals surface area contributed by atoms with Crippen LogP contribution in [0.5, 0.6) is 11.5 Å². The summed E-state index contributed by atoms with van der Waals surface area (Å²) in [5.74, 6) is -0.383. The number of halogens is 2. The number of rotatable bonds is 7. The van der Waals surface area contributed by atoms with Crippen LogP contribution in [0.2, 0.25) is 10.2 Å². The van der Waals surface area contributed by atoms with Crippen molar-refractivity contribution in [3.8, 4) is 11.5 Å². The maximum atomic E-state index is 12.0. The van der Waals surface area contributed by atoms with Crippen LogP contribution in [0.1, 0.15) is 27.0 Å². The molecule has 26 heavy (non-hydrogen) atoms. The molecule has 10 heteroatoms. The lowest BCUT2D eigenvalue weighted by atomic mass is 10.2. The monoisotopic (exact) mass is 419 g/mol. The molecule has 1 heterocycles. The fourth-order valence-corrected chi connectivity index (χ4v) is 2.98. The third-order valence-electron chi connectivity index (χ3n) is 3.15. The fraction of sp³-hybridized carbons (Fsp3) is 0.312. The Kier molecular flexibility index (Phi) is 7.07. The third kappa shape index (κ3) is 4.78. The van der Waals surface area contributed by atoms with Crippen molar-refractivity contribution in [1.82, 2.24) is 4.37 Å². The number of carbonyl (C=O) groups excluding carboxylic acids is 2. The molecule has 7 nitrogen and oxygen atoms in total. The summed E-state index contributed by atoms with van der Waals surface area (Å²) in [6.07, 6.45) is -0.579. The number of aromatic nitrogens is 1. The molecule has 0 saturated carbocycles. The van der Waals surface area contributed by atoms with Crippen LogP contribution in [-0.4, -0.2) is 43.2 Å². The molecule has 0 spiro atoms. The first-order valence-electron chi connectivity index (χ1n) is 7.28. The quantitative estimate of drug-likeness (QED) is 0.629. The van der Waals surface area contributed by atoms with Crippen LogP contribution in [0.25, 0.3) is 0 Å². The van der Waals surface area contributed by atoms with Crippen molar-refractivity contribution >= 4 is 46.7 Å². The van der Waals surface area contributed by atoms with Gasteiger partial charge in [-0.3, -0.25) is 0 Å². The highest BCUT2D eigenvalue weighted by molar-refractivity contribution is 7.09. The number of esters is 2. The molecule has 0 aliphatic rings. The molecule has 0 amide bonds. The molecule has 0 aliphatic heterocycles. The van der Waals surface area contributed by atoms with E-state index in [4.69, 9.17) is 37.4 Å². The second-order valence-corrected chi connectivity index (χ2v) is 6.51. The van der Waals surface area contributed by atoms with Gasteiger partial charge in [0.2, 0.25) is 0 Å². The topological polar surface area (TPSA) is 84.0 Å². The number of benzene rings is 1. The molecular formula is C16H15Cl2NO6S. The van der Waals surface area contributed by atoms with Crippen molar-refractivity contribution < 1.29 is 28.5 Å². The lowest BCUT2D eigenvalue weighted by molar-refractivity contribution is 0.0231. The van der Waals surface area contributed by atoms with Crippen LogP contribution in [0.3, 0.4) is 0 Å². The average Bonchev–Trinajstić information content (AvgIpc) is 2.98. The van der Waals surface area contributed by atoms with Gasteiger partial charge in [-0.2, -0.15) is 4.37 Å². The zero-order valence-electron chi connectivity index (χ0n) is 14.1. The van der Waals surface area contributed by atoms with E-state index in [1.54, 1.807) is 19.1 Å². The molecule has 1 aromatic carbocycles. The predicted octanol–water partition coefficient (Wildman–Crippen LogP) is 3.87. The Labute approximate surface area is 163 Å². The third-order valence-corrected chi connectivity index (χ3v) is 4.93. The zero-order valence-corrected chi connectivity index (χ0v) is 16.4. The molecule has 0 aliphatic carbocycles. The normalized spacial score (nSPS) is 11.6. The zero-order chi connectivity index (χ0) is 19.3. The molecule has 0 N–H and O–H groups in total. The van der Waals surface area contributed by atoms with Crippen LogP contribution in [0, 0.1) is 0 Å². The first-order chi connectivity index (χ1) is 12.4. The fourth-order valence-electron chi connectivity index (χ4n) is 1.90. The van der Waals surface area contributed by atoms with Crippen LogP contribution in [0.15, 0.2) is 18.2 Å². The summed E-state index contributed by atoms with van der Waals surface area (Å²) in [6, 6.07) is 4.61. The number of ether oxygens (including phenoxy) is 4. The largest absolute Gasteiger partial charge is 0.493 e. The van der Waals surface area contributed by atoms with Crippen LogP contribution >= 0.6 is 34.7 Å². The molecule has 1 atom stereocenters. The van der Waals surface area contributed by atoms with Gasteiger partial charge in [0.15, 0.2) is 21.5 Å². The van der Waals surface area contributed by atoms with E-state index in [2.05, 4.69) is 9.11 Å². The van der Waals surface area contributed by atoms with Crippen LogP contribution < -0.4 is 9.47 Å². The van der Waals surface area contributed by atoms with Gasteiger partial charge in [-0.05, 0) is 36.7 Å². The van der Waals surface area contributed by atoms with E-state index in [-0.39, 0.29) is 21.7 Å². The van der Waals surface area contributed by atoms with Crippen molar-refractivity contribution in [1.29, 1.82) is 0 Å². The smallest absolute Gasteiger partial charge is 0.351 e. The van der Waals surface area contributed by atoms with Crippen molar-refractivity contribution in [2.24, 2.45) is 0 Å². The lowest BCUT2D eigenvalue weighted by Gasteiger charge is -2.16. The molecule has 0 saturated heterocycles. The van der Waals surface area contributed by atoms with Crippen molar-refractivity contribution in [3.63, 3.8) is 0 Å². The molecule has 1 unspecified atom stereocenters. The maximum Gasteiger partial charge on any atom is 0.351 e. The molecule has 140 valence electrons. The number of carbonyl (C=O) groups is 2. The highest BCUT2D eigenvalue weighted by Crippen LogP contribution is 2.30. The molecule has 0 fully saturated rings. The maximum absolute atomic E-state index is 12.0. The van der Waals surface area contributed by atoms with E-state index < -0.39 is 18.0 Å². The molecular weight excluding hydrogens is 405 g/mol. The Balaban J connectivity index is 1.98. The first-order valence-corrected chi connectivity index (χ1v) is 8.81. The second kappa shape index (κ2) is 9.07.